The number of carbonyl (C=O) groups is 2. The van der Waals surface area contributed by atoms with Crippen LogP contribution in [0.4, 0.5) is 0 Å². The Balaban J connectivity index is 2.04. The number of tetrazole rings is 1. The predicted octanol–water partition coefficient (Wildman–Crippen LogP) is 1.44. The van der Waals surface area contributed by atoms with Crippen molar-refractivity contribution in [3.05, 3.63) is 71.0 Å². The maximum atomic E-state index is 12.7. The first-order valence-corrected chi connectivity index (χ1v) is 6.32. The van der Waals surface area contributed by atoms with Crippen LogP contribution in [-0.2, 0) is 0 Å². The van der Waals surface area contributed by atoms with Crippen molar-refractivity contribution in [2.75, 3.05) is 0 Å². The third kappa shape index (κ3) is 1.56. The molecule has 0 fully saturated rings. The molecule has 1 aliphatic rings. The van der Waals surface area contributed by atoms with E-state index in [4.69, 9.17) is 0 Å². The molecule has 0 unspecified atom stereocenters. The van der Waals surface area contributed by atoms with Gasteiger partial charge in [-0.05, 0) is 16.5 Å². The smallest absolute Gasteiger partial charge is 0.196 e. The molecule has 100 valence electrons. The van der Waals surface area contributed by atoms with Gasteiger partial charge in [-0.15, -0.1) is 5.10 Å². The fraction of sp³-hybridized carbons (Fsp3) is 0. The Morgan fingerprint density at radius 1 is 0.810 bits per heavy atom. The number of hydrogen-bond acceptors (Lipinski definition) is 5. The minimum atomic E-state index is -0.189. The molecule has 0 saturated carbocycles. The van der Waals surface area contributed by atoms with Gasteiger partial charge in [-0.2, -0.15) is 4.68 Å². The van der Waals surface area contributed by atoms with Gasteiger partial charge in [-0.25, -0.2) is 0 Å². The Morgan fingerprint density at radius 2 is 1.52 bits per heavy atom. The lowest BCUT2D eigenvalue weighted by Crippen LogP contribution is -2.23. The van der Waals surface area contributed by atoms with Crippen LogP contribution in [0.2, 0.25) is 0 Å². The van der Waals surface area contributed by atoms with Crippen LogP contribution in [0.1, 0.15) is 31.8 Å². The normalized spacial score (nSPS) is 13.0. The molecule has 4 rings (SSSR count). The van der Waals surface area contributed by atoms with Crippen LogP contribution >= 0.6 is 0 Å². The van der Waals surface area contributed by atoms with E-state index in [9.17, 15) is 9.59 Å². The molecule has 2 aromatic carbocycles. The van der Waals surface area contributed by atoms with E-state index >= 15 is 0 Å². The molecule has 3 aromatic rings. The van der Waals surface area contributed by atoms with Gasteiger partial charge in [0.15, 0.2) is 11.6 Å². The fourth-order valence-electron chi connectivity index (χ4n) is 2.59. The largest absolute Gasteiger partial charge is 0.289 e. The summed E-state index contributed by atoms with van der Waals surface area (Å²) in [4.78, 5) is 25.3. The summed E-state index contributed by atoms with van der Waals surface area (Å²) in [7, 11) is 0. The number of hydrogen-bond donors (Lipinski definition) is 0. The second-order valence-corrected chi connectivity index (χ2v) is 4.66. The van der Waals surface area contributed by atoms with E-state index < -0.39 is 0 Å². The fourth-order valence-corrected chi connectivity index (χ4v) is 2.59. The molecule has 21 heavy (non-hydrogen) atoms. The topological polar surface area (TPSA) is 77.7 Å². The lowest BCUT2D eigenvalue weighted by atomic mass is 9.83. The molecule has 6 heteroatoms. The van der Waals surface area contributed by atoms with Crippen LogP contribution in [0, 0.1) is 0 Å². The number of aromatic nitrogens is 4. The molecule has 0 bridgehead atoms. The summed E-state index contributed by atoms with van der Waals surface area (Å²) in [5, 5.41) is 10.9. The van der Waals surface area contributed by atoms with Crippen molar-refractivity contribution >= 4 is 11.6 Å². The second kappa shape index (κ2) is 4.17. The average Bonchev–Trinajstić information content (AvgIpc) is 3.06. The van der Waals surface area contributed by atoms with Crippen LogP contribution in [0.25, 0.3) is 5.69 Å². The number of rotatable bonds is 1. The highest BCUT2D eigenvalue weighted by Crippen LogP contribution is 2.30. The molecule has 0 saturated heterocycles. The van der Waals surface area contributed by atoms with E-state index in [1.165, 1.54) is 11.0 Å². The Morgan fingerprint density at radius 3 is 2.24 bits per heavy atom. The zero-order valence-electron chi connectivity index (χ0n) is 10.7. The summed E-state index contributed by atoms with van der Waals surface area (Å²) in [5.41, 5.74) is 2.07. The molecule has 0 radical (unpaired) electrons. The van der Waals surface area contributed by atoms with Crippen molar-refractivity contribution in [1.82, 2.24) is 20.2 Å². The molecular formula is C15H8N4O2. The highest BCUT2D eigenvalue weighted by atomic mass is 16.1. The minimum absolute atomic E-state index is 0.157. The standard InChI is InChI=1S/C15H8N4O2/c20-14-9-4-1-2-5-10(9)15(21)13-11(14)6-3-7-12(13)19-8-16-17-18-19/h1-8H. The first-order valence-electron chi connectivity index (χ1n) is 6.32. The molecule has 0 spiro atoms. The van der Waals surface area contributed by atoms with E-state index in [-0.39, 0.29) is 11.6 Å². The number of benzene rings is 2. The van der Waals surface area contributed by atoms with Gasteiger partial charge in [-0.1, -0.05) is 36.4 Å². The van der Waals surface area contributed by atoms with Crippen LogP contribution < -0.4 is 0 Å². The highest BCUT2D eigenvalue weighted by molar-refractivity contribution is 6.29. The molecule has 1 aromatic heterocycles. The average molecular weight is 276 g/mol. The SMILES string of the molecule is O=C1c2ccccc2C(=O)c2c1cccc2-n1cnnn1. The minimum Gasteiger partial charge on any atom is -0.289 e. The van der Waals surface area contributed by atoms with Gasteiger partial charge in [-0.3, -0.25) is 9.59 Å². The zero-order chi connectivity index (χ0) is 14.4. The van der Waals surface area contributed by atoms with Crippen molar-refractivity contribution in [2.24, 2.45) is 0 Å². The summed E-state index contributed by atoms with van der Waals surface area (Å²) in [6, 6.07) is 11.9. The quantitative estimate of drug-likeness (QED) is 0.525. The third-order valence-corrected chi connectivity index (χ3v) is 3.53. The molecule has 6 nitrogen and oxygen atoms in total. The van der Waals surface area contributed by atoms with Crippen LogP contribution in [0.5, 0.6) is 0 Å². The van der Waals surface area contributed by atoms with Gasteiger partial charge in [0, 0.05) is 16.7 Å². The highest BCUT2D eigenvalue weighted by Gasteiger charge is 2.31. The van der Waals surface area contributed by atoms with Crippen molar-refractivity contribution in [1.29, 1.82) is 0 Å². The molecule has 1 heterocycles. The van der Waals surface area contributed by atoms with Gasteiger partial charge >= 0.3 is 0 Å². The molecule has 0 atom stereocenters. The Bertz CT molecular complexity index is 884. The van der Waals surface area contributed by atoms with Gasteiger partial charge in [0.2, 0.25) is 0 Å². The van der Waals surface area contributed by atoms with E-state index in [1.807, 2.05) is 0 Å². The third-order valence-electron chi connectivity index (χ3n) is 3.53. The van der Waals surface area contributed by atoms with E-state index in [1.54, 1.807) is 42.5 Å². The lowest BCUT2D eigenvalue weighted by molar-refractivity contribution is 0.0979. The first-order chi connectivity index (χ1) is 10.3. The molecule has 0 amide bonds. The summed E-state index contributed by atoms with van der Waals surface area (Å²) in [6.07, 6.45) is 1.40. The van der Waals surface area contributed by atoms with Gasteiger partial charge < -0.3 is 0 Å². The van der Waals surface area contributed by atoms with Crippen molar-refractivity contribution in [2.45, 2.75) is 0 Å². The van der Waals surface area contributed by atoms with E-state index in [2.05, 4.69) is 15.5 Å². The summed E-state index contributed by atoms with van der Waals surface area (Å²) in [5.74, 6) is -0.346. The van der Waals surface area contributed by atoms with Crippen LogP contribution in [-0.4, -0.2) is 31.8 Å². The Labute approximate surface area is 119 Å². The Kier molecular flexibility index (Phi) is 2.32. The van der Waals surface area contributed by atoms with E-state index in [0.717, 1.165) is 0 Å². The predicted molar refractivity (Wildman–Crippen MR) is 72.5 cm³/mol. The molecule has 0 N–H and O–H groups in total. The lowest BCUT2D eigenvalue weighted by Gasteiger charge is -2.19. The number of fused-ring (bicyclic) bond motifs is 2. The number of nitrogens with zero attached hydrogens (tertiary/aromatic N) is 4. The van der Waals surface area contributed by atoms with Gasteiger partial charge in [0.1, 0.15) is 6.33 Å². The van der Waals surface area contributed by atoms with Crippen molar-refractivity contribution in [3.63, 3.8) is 0 Å². The summed E-state index contributed by atoms with van der Waals surface area (Å²) >= 11 is 0. The second-order valence-electron chi connectivity index (χ2n) is 4.66. The molecule has 1 aliphatic carbocycles. The van der Waals surface area contributed by atoms with Crippen LogP contribution in [0.15, 0.2) is 48.8 Å². The zero-order valence-corrected chi connectivity index (χ0v) is 10.7. The Hall–Kier alpha value is -3.15. The number of carbonyl (C=O) groups excluding carboxylic acids is 2. The summed E-state index contributed by atoms with van der Waals surface area (Å²) < 4.78 is 1.39. The maximum absolute atomic E-state index is 12.7. The maximum Gasteiger partial charge on any atom is 0.196 e. The van der Waals surface area contributed by atoms with Gasteiger partial charge in [0.25, 0.3) is 0 Å². The monoisotopic (exact) mass is 276 g/mol. The van der Waals surface area contributed by atoms with Gasteiger partial charge in [0.05, 0.1) is 11.3 Å². The molecule has 0 aliphatic heterocycles. The summed E-state index contributed by atoms with van der Waals surface area (Å²) in [6.45, 7) is 0. The molecular weight excluding hydrogens is 268 g/mol. The van der Waals surface area contributed by atoms with Crippen molar-refractivity contribution < 1.29 is 9.59 Å². The van der Waals surface area contributed by atoms with Crippen molar-refractivity contribution in [3.8, 4) is 5.69 Å². The van der Waals surface area contributed by atoms with Crippen LogP contribution in [0.3, 0.4) is 0 Å². The first kappa shape index (κ1) is 11.7. The number of ketones is 2. The van der Waals surface area contributed by atoms with E-state index in [0.29, 0.717) is 27.9 Å².